The second kappa shape index (κ2) is 15.2. The Balaban J connectivity index is 0.00000484. The average molecular weight is 953 g/mol. The summed E-state index contributed by atoms with van der Waals surface area (Å²) >= 11 is 0. The third-order valence-electron chi connectivity index (χ3n) is 11.3. The summed E-state index contributed by atoms with van der Waals surface area (Å²) in [6, 6.07) is 50.2. The first kappa shape index (κ1) is 40.2. The Morgan fingerprint density at radius 3 is 2.05 bits per heavy atom. The first-order chi connectivity index (χ1) is 27.7. The molecule has 0 spiro atoms. The molecular formula is C53H49N4OPt-3. The monoisotopic (exact) mass is 952 g/mol. The van der Waals surface area contributed by atoms with E-state index in [9.17, 15) is 0 Å². The van der Waals surface area contributed by atoms with Crippen LogP contribution in [0.2, 0.25) is 0 Å². The molecule has 1 aliphatic heterocycles. The number of ether oxygens (including phenoxy) is 1. The number of anilines is 4. The largest absolute Gasteiger partial charge is 0.509 e. The smallest absolute Gasteiger partial charge is 0.136 e. The summed E-state index contributed by atoms with van der Waals surface area (Å²) in [5.74, 6) is 2.06. The van der Waals surface area contributed by atoms with Crippen LogP contribution >= 0.6 is 0 Å². The van der Waals surface area contributed by atoms with Crippen molar-refractivity contribution in [1.82, 2.24) is 9.55 Å². The van der Waals surface area contributed by atoms with Crippen LogP contribution in [0, 0.1) is 39.6 Å². The maximum absolute atomic E-state index is 6.66. The Morgan fingerprint density at radius 2 is 1.32 bits per heavy atom. The Bertz CT molecular complexity index is 2850. The van der Waals surface area contributed by atoms with Crippen LogP contribution in [0.4, 0.5) is 22.7 Å². The van der Waals surface area contributed by atoms with E-state index in [2.05, 4.69) is 199 Å². The molecule has 8 aromatic rings. The van der Waals surface area contributed by atoms with Gasteiger partial charge in [0.1, 0.15) is 5.82 Å². The van der Waals surface area contributed by atoms with E-state index in [0.717, 1.165) is 55.9 Å². The molecule has 2 aromatic heterocycles. The predicted molar refractivity (Wildman–Crippen MR) is 241 cm³/mol. The molecule has 0 aliphatic carbocycles. The van der Waals surface area contributed by atoms with Crippen molar-refractivity contribution in [3.05, 3.63) is 174 Å². The molecule has 300 valence electrons. The number of aromatic nitrogens is 2. The van der Waals surface area contributed by atoms with E-state index >= 15 is 0 Å². The van der Waals surface area contributed by atoms with Gasteiger partial charge in [0, 0.05) is 61.3 Å². The summed E-state index contributed by atoms with van der Waals surface area (Å²) in [7, 11) is 0. The summed E-state index contributed by atoms with van der Waals surface area (Å²) in [5.41, 5.74) is 14.9. The molecule has 6 heteroatoms. The summed E-state index contributed by atoms with van der Waals surface area (Å²) < 4.78 is 8.94. The number of nitrogens with zero attached hydrogens (tertiary/aromatic N) is 4. The van der Waals surface area contributed by atoms with Gasteiger partial charge in [-0.25, -0.2) is 4.98 Å². The van der Waals surface area contributed by atoms with Crippen LogP contribution in [0.25, 0.3) is 38.8 Å². The van der Waals surface area contributed by atoms with Gasteiger partial charge in [0.05, 0.1) is 0 Å². The Morgan fingerprint density at radius 1 is 0.627 bits per heavy atom. The zero-order valence-electron chi connectivity index (χ0n) is 35.2. The van der Waals surface area contributed by atoms with Crippen molar-refractivity contribution >= 4 is 44.6 Å². The van der Waals surface area contributed by atoms with Crippen molar-refractivity contribution in [1.29, 1.82) is 0 Å². The molecule has 0 fully saturated rings. The summed E-state index contributed by atoms with van der Waals surface area (Å²) in [6.07, 6.45) is 1.93. The second-order valence-corrected chi connectivity index (χ2v) is 17.7. The van der Waals surface area contributed by atoms with Gasteiger partial charge in [-0.2, -0.15) is 12.1 Å². The number of rotatable bonds is 6. The van der Waals surface area contributed by atoms with Gasteiger partial charge in [-0.05, 0) is 107 Å². The van der Waals surface area contributed by atoms with Crippen molar-refractivity contribution in [3.63, 3.8) is 0 Å². The van der Waals surface area contributed by atoms with Crippen LogP contribution in [-0.2, 0) is 31.9 Å². The van der Waals surface area contributed by atoms with Gasteiger partial charge in [-0.1, -0.05) is 107 Å². The van der Waals surface area contributed by atoms with Crippen LogP contribution in [0.5, 0.6) is 11.5 Å². The number of pyridine rings is 1. The van der Waals surface area contributed by atoms with Crippen molar-refractivity contribution < 1.29 is 25.8 Å². The number of benzene rings is 6. The summed E-state index contributed by atoms with van der Waals surface area (Å²) in [6.45, 7) is 22.3. The van der Waals surface area contributed by atoms with E-state index in [4.69, 9.17) is 9.72 Å². The molecule has 6 aromatic carbocycles. The van der Waals surface area contributed by atoms with Gasteiger partial charge in [0.2, 0.25) is 0 Å². The quantitative estimate of drug-likeness (QED) is 0.156. The van der Waals surface area contributed by atoms with Gasteiger partial charge in [-0.15, -0.1) is 48.1 Å². The molecular weight excluding hydrogens is 904 g/mol. The fraction of sp³-hybridized carbons (Fsp3) is 0.208. The number of hydrogen-bond donors (Lipinski definition) is 0. The molecule has 0 saturated carbocycles. The molecule has 59 heavy (non-hydrogen) atoms. The number of para-hydroxylation sites is 3. The predicted octanol–water partition coefficient (Wildman–Crippen LogP) is 14.2. The van der Waals surface area contributed by atoms with E-state index < -0.39 is 0 Å². The Hall–Kier alpha value is -5.64. The van der Waals surface area contributed by atoms with E-state index in [-0.39, 0.29) is 31.9 Å². The molecule has 0 bridgehead atoms. The molecule has 0 amide bonds. The molecule has 1 aliphatic rings. The fourth-order valence-electron chi connectivity index (χ4n) is 8.58. The van der Waals surface area contributed by atoms with E-state index in [0.29, 0.717) is 11.5 Å². The summed E-state index contributed by atoms with van der Waals surface area (Å²) in [5, 5.41) is 2.26. The topological polar surface area (TPSA) is 33.5 Å². The average Bonchev–Trinajstić information content (AvgIpc) is 3.73. The van der Waals surface area contributed by atoms with Crippen molar-refractivity contribution in [2.45, 2.75) is 73.1 Å². The summed E-state index contributed by atoms with van der Waals surface area (Å²) in [4.78, 5) is 9.46. The minimum atomic E-state index is -0.113. The molecule has 3 heterocycles. The zero-order chi connectivity index (χ0) is 40.5. The van der Waals surface area contributed by atoms with Gasteiger partial charge in [0.15, 0.2) is 0 Å². The van der Waals surface area contributed by atoms with Gasteiger partial charge in [-0.3, -0.25) is 0 Å². The second-order valence-electron chi connectivity index (χ2n) is 17.7. The van der Waals surface area contributed by atoms with Crippen molar-refractivity contribution in [3.8, 4) is 28.4 Å². The number of aryl methyl sites for hydroxylation is 3. The molecule has 0 radical (unpaired) electrons. The molecule has 0 atom stereocenters. The van der Waals surface area contributed by atoms with E-state index in [1.54, 1.807) is 0 Å². The van der Waals surface area contributed by atoms with Crippen molar-refractivity contribution in [2.75, 3.05) is 9.80 Å². The zero-order valence-corrected chi connectivity index (χ0v) is 37.5. The van der Waals surface area contributed by atoms with Gasteiger partial charge >= 0.3 is 0 Å². The van der Waals surface area contributed by atoms with Gasteiger partial charge < -0.3 is 19.1 Å². The Labute approximate surface area is 363 Å². The number of fused-ring (bicyclic) bond motifs is 4. The fourth-order valence-corrected chi connectivity index (χ4v) is 8.58. The first-order valence-electron chi connectivity index (χ1n) is 20.1. The standard InChI is InChI=1S/C53H49N4O.Pt/c1-34-27-35(2)50(36(3)28-34)37-25-26-54-49(29-37)57-48-32-42(23-24-43(48)44-19-14-20-45(51(44)57)53(7,8)9)58-41-18-13-17-40(31-41)56-33-55(46-21-10-11-22-47(46)56)39-16-12-15-38(30-39)52(4,5)6;/h10-30,33H,1-9H3;/q-3;. The third kappa shape index (κ3) is 7.36. The van der Waals surface area contributed by atoms with E-state index in [1.807, 2.05) is 24.4 Å². The minimum absolute atomic E-state index is 0. The van der Waals surface area contributed by atoms with Crippen LogP contribution in [-0.4, -0.2) is 9.55 Å². The van der Waals surface area contributed by atoms with Crippen LogP contribution < -0.4 is 14.5 Å². The molecule has 9 rings (SSSR count). The maximum atomic E-state index is 6.66. The van der Waals surface area contributed by atoms with Crippen LogP contribution in [0.1, 0.15) is 69.4 Å². The molecule has 0 unspecified atom stereocenters. The van der Waals surface area contributed by atoms with Crippen LogP contribution in [0.15, 0.2) is 128 Å². The minimum Gasteiger partial charge on any atom is -0.509 e. The van der Waals surface area contributed by atoms with Gasteiger partial charge in [0.25, 0.3) is 0 Å². The van der Waals surface area contributed by atoms with Crippen LogP contribution in [0.3, 0.4) is 0 Å². The maximum Gasteiger partial charge on any atom is 0.136 e. The number of hydrogen-bond acceptors (Lipinski definition) is 4. The third-order valence-corrected chi connectivity index (χ3v) is 11.3. The first-order valence-corrected chi connectivity index (χ1v) is 20.1. The Kier molecular flexibility index (Phi) is 10.3. The van der Waals surface area contributed by atoms with Crippen molar-refractivity contribution in [2.24, 2.45) is 0 Å². The normalized spacial score (nSPS) is 12.9. The molecule has 0 N–H and O–H groups in total. The molecule has 0 saturated heterocycles. The SMILES string of the molecule is Cc1cc(C)c(-c2ccnc(-n3c4[c-]c(Oc5[c-]c(N6[CH-]N(c7cccc(C(C)(C)C)c7)c7ccccc76)ccc5)ccc4c4cccc(C(C)(C)C)c43)c2)c(C)c1.[Pt]. The van der Waals surface area contributed by atoms with E-state index in [1.165, 1.54) is 33.4 Å². The molecule has 5 nitrogen and oxygen atoms in total.